The highest BCUT2D eigenvalue weighted by molar-refractivity contribution is 5.99. The van der Waals surface area contributed by atoms with Gasteiger partial charge >= 0.3 is 0 Å². The molecule has 5 heteroatoms. The number of carbonyl (C=O) groups excluding carboxylic acids is 1. The zero-order valence-electron chi connectivity index (χ0n) is 12.8. The summed E-state index contributed by atoms with van der Waals surface area (Å²) < 4.78 is 5.20. The number of amides is 1. The van der Waals surface area contributed by atoms with Crippen molar-refractivity contribution in [1.82, 2.24) is 10.1 Å². The second kappa shape index (κ2) is 4.95. The zero-order valence-corrected chi connectivity index (χ0v) is 12.8. The van der Waals surface area contributed by atoms with E-state index in [1.165, 1.54) is 11.1 Å². The lowest BCUT2D eigenvalue weighted by atomic mass is 10.1. The maximum absolute atomic E-state index is 12.9. The maximum Gasteiger partial charge on any atom is 0.247 e. The number of carbonyl (C=O) groups is 1. The molecular formula is C17H19N3O2. The minimum absolute atomic E-state index is 0.0263. The van der Waals surface area contributed by atoms with Crippen molar-refractivity contribution in [3.63, 3.8) is 0 Å². The standard InChI is InChI=1S/C17H19N3O2/c1-11-6-3-4-7-13(11)16-19-9-5-8-14(19)17(21)20(16)15-10-12(2)22-18-15/h3-4,6-7,10,14,16H,5,8-9H2,1-2H3. The Hall–Kier alpha value is -2.14. The predicted molar refractivity (Wildman–Crippen MR) is 82.4 cm³/mol. The second-order valence-electron chi connectivity index (χ2n) is 6.13. The summed E-state index contributed by atoms with van der Waals surface area (Å²) in [7, 11) is 0. The minimum atomic E-state index is -0.0781. The van der Waals surface area contributed by atoms with Crippen LogP contribution in [0.15, 0.2) is 34.9 Å². The second-order valence-corrected chi connectivity index (χ2v) is 6.13. The molecule has 3 heterocycles. The van der Waals surface area contributed by atoms with Crippen LogP contribution in [-0.4, -0.2) is 28.6 Å². The molecule has 0 radical (unpaired) electrons. The fourth-order valence-corrected chi connectivity index (χ4v) is 3.68. The molecule has 1 aromatic carbocycles. The first-order chi connectivity index (χ1) is 10.7. The van der Waals surface area contributed by atoms with Gasteiger partial charge in [-0.05, 0) is 37.8 Å². The normalized spacial score (nSPS) is 25.0. The van der Waals surface area contributed by atoms with E-state index in [0.717, 1.165) is 25.1 Å². The highest BCUT2D eigenvalue weighted by Gasteiger charge is 2.50. The Labute approximate surface area is 129 Å². The van der Waals surface area contributed by atoms with Gasteiger partial charge in [0.15, 0.2) is 5.82 Å². The van der Waals surface area contributed by atoms with Gasteiger partial charge in [0.1, 0.15) is 11.9 Å². The zero-order chi connectivity index (χ0) is 15.3. The largest absolute Gasteiger partial charge is 0.360 e. The van der Waals surface area contributed by atoms with Crippen molar-refractivity contribution >= 4 is 11.7 Å². The van der Waals surface area contributed by atoms with Gasteiger partial charge in [-0.15, -0.1) is 0 Å². The first-order valence-electron chi connectivity index (χ1n) is 7.74. The number of fused-ring (bicyclic) bond motifs is 1. The van der Waals surface area contributed by atoms with Gasteiger partial charge in [0.05, 0.1) is 6.04 Å². The van der Waals surface area contributed by atoms with Gasteiger partial charge < -0.3 is 4.52 Å². The lowest BCUT2D eigenvalue weighted by Crippen LogP contribution is -2.33. The van der Waals surface area contributed by atoms with Gasteiger partial charge in [0, 0.05) is 12.6 Å². The molecule has 2 unspecified atom stereocenters. The minimum Gasteiger partial charge on any atom is -0.360 e. The van der Waals surface area contributed by atoms with Crippen LogP contribution in [0.5, 0.6) is 0 Å². The smallest absolute Gasteiger partial charge is 0.247 e. The predicted octanol–water partition coefficient (Wildman–Crippen LogP) is 2.80. The van der Waals surface area contributed by atoms with Gasteiger partial charge in [-0.3, -0.25) is 14.6 Å². The SMILES string of the molecule is Cc1cc(N2C(=O)C3CCCN3C2c2ccccc2C)no1. The third kappa shape index (κ3) is 1.89. The molecule has 0 spiro atoms. The lowest BCUT2D eigenvalue weighted by molar-refractivity contribution is -0.119. The Morgan fingerprint density at radius 1 is 1.27 bits per heavy atom. The van der Waals surface area contributed by atoms with E-state index >= 15 is 0 Å². The summed E-state index contributed by atoms with van der Waals surface area (Å²) in [5.41, 5.74) is 2.36. The Morgan fingerprint density at radius 2 is 2.09 bits per heavy atom. The fourth-order valence-electron chi connectivity index (χ4n) is 3.68. The van der Waals surface area contributed by atoms with Crippen LogP contribution in [0.3, 0.4) is 0 Å². The summed E-state index contributed by atoms with van der Waals surface area (Å²) >= 11 is 0. The van der Waals surface area contributed by atoms with Crippen molar-refractivity contribution in [2.24, 2.45) is 0 Å². The first-order valence-corrected chi connectivity index (χ1v) is 7.74. The molecule has 1 amide bonds. The molecule has 2 aliphatic heterocycles. The van der Waals surface area contributed by atoms with E-state index in [0.29, 0.717) is 5.82 Å². The van der Waals surface area contributed by atoms with Crippen molar-refractivity contribution in [1.29, 1.82) is 0 Å². The lowest BCUT2D eigenvalue weighted by Gasteiger charge is -2.29. The molecule has 2 aromatic rings. The molecule has 0 saturated carbocycles. The van der Waals surface area contributed by atoms with Crippen LogP contribution in [0.2, 0.25) is 0 Å². The van der Waals surface area contributed by atoms with E-state index in [9.17, 15) is 4.79 Å². The monoisotopic (exact) mass is 297 g/mol. The molecule has 1 aromatic heterocycles. The maximum atomic E-state index is 12.9. The van der Waals surface area contributed by atoms with Crippen LogP contribution < -0.4 is 4.90 Å². The average molecular weight is 297 g/mol. The topological polar surface area (TPSA) is 49.6 Å². The molecule has 2 saturated heterocycles. The molecule has 4 rings (SSSR count). The van der Waals surface area contributed by atoms with Crippen LogP contribution >= 0.6 is 0 Å². The molecular weight excluding hydrogens is 278 g/mol. The number of hydrogen-bond acceptors (Lipinski definition) is 4. The molecule has 0 bridgehead atoms. The summed E-state index contributed by atoms with van der Waals surface area (Å²) in [5.74, 6) is 1.47. The molecule has 0 aliphatic carbocycles. The van der Waals surface area contributed by atoms with Crippen LogP contribution in [-0.2, 0) is 4.79 Å². The van der Waals surface area contributed by atoms with Crippen molar-refractivity contribution in [2.75, 3.05) is 11.4 Å². The number of aromatic nitrogens is 1. The molecule has 2 atom stereocenters. The van der Waals surface area contributed by atoms with Gasteiger partial charge in [-0.25, -0.2) is 0 Å². The first kappa shape index (κ1) is 13.5. The van der Waals surface area contributed by atoms with Gasteiger partial charge in [0.25, 0.3) is 0 Å². The fraction of sp³-hybridized carbons (Fsp3) is 0.412. The van der Waals surface area contributed by atoms with Gasteiger partial charge in [0.2, 0.25) is 5.91 Å². The molecule has 5 nitrogen and oxygen atoms in total. The molecule has 2 aliphatic rings. The van der Waals surface area contributed by atoms with Crippen molar-refractivity contribution < 1.29 is 9.32 Å². The third-order valence-corrected chi connectivity index (χ3v) is 4.70. The van der Waals surface area contributed by atoms with E-state index in [1.807, 2.05) is 30.0 Å². The van der Waals surface area contributed by atoms with E-state index in [4.69, 9.17) is 4.52 Å². The quantitative estimate of drug-likeness (QED) is 0.855. The summed E-state index contributed by atoms with van der Waals surface area (Å²) in [5, 5.41) is 4.08. The summed E-state index contributed by atoms with van der Waals surface area (Å²) in [6, 6.07) is 10.1. The molecule has 22 heavy (non-hydrogen) atoms. The van der Waals surface area contributed by atoms with Crippen LogP contribution in [0, 0.1) is 13.8 Å². The van der Waals surface area contributed by atoms with Crippen LogP contribution in [0.25, 0.3) is 0 Å². The number of anilines is 1. The van der Waals surface area contributed by atoms with Crippen molar-refractivity contribution in [3.8, 4) is 0 Å². The number of benzene rings is 1. The average Bonchev–Trinajstić information content (AvgIpc) is 3.18. The number of nitrogens with zero attached hydrogens (tertiary/aromatic N) is 3. The molecule has 0 N–H and O–H groups in total. The van der Waals surface area contributed by atoms with E-state index < -0.39 is 0 Å². The highest BCUT2D eigenvalue weighted by atomic mass is 16.5. The summed E-state index contributed by atoms with van der Waals surface area (Å²) in [6.07, 6.45) is 1.92. The van der Waals surface area contributed by atoms with Crippen LogP contribution in [0.4, 0.5) is 5.82 Å². The van der Waals surface area contributed by atoms with Gasteiger partial charge in [-0.1, -0.05) is 29.4 Å². The van der Waals surface area contributed by atoms with Crippen molar-refractivity contribution in [3.05, 3.63) is 47.2 Å². The Kier molecular flexibility index (Phi) is 3.04. The van der Waals surface area contributed by atoms with Crippen molar-refractivity contribution in [2.45, 2.75) is 38.9 Å². The van der Waals surface area contributed by atoms with E-state index in [1.54, 1.807) is 0 Å². The van der Waals surface area contributed by atoms with E-state index in [-0.39, 0.29) is 18.1 Å². The Bertz CT molecular complexity index is 724. The third-order valence-electron chi connectivity index (χ3n) is 4.70. The van der Waals surface area contributed by atoms with E-state index in [2.05, 4.69) is 29.1 Å². The molecule has 2 fully saturated rings. The Morgan fingerprint density at radius 3 is 2.82 bits per heavy atom. The van der Waals surface area contributed by atoms with Crippen LogP contribution in [0.1, 0.15) is 35.9 Å². The summed E-state index contributed by atoms with van der Waals surface area (Å²) in [6.45, 7) is 4.89. The van der Waals surface area contributed by atoms with Gasteiger partial charge in [-0.2, -0.15) is 0 Å². The number of hydrogen-bond donors (Lipinski definition) is 0. The highest BCUT2D eigenvalue weighted by Crippen LogP contribution is 2.42. The Balaban J connectivity index is 1.84. The number of aryl methyl sites for hydroxylation is 2. The molecule has 114 valence electrons. The summed E-state index contributed by atoms with van der Waals surface area (Å²) in [4.78, 5) is 17.0. The number of rotatable bonds is 2.